The molecule has 1 fully saturated rings. The largest absolute Gasteiger partial charge is 0.393 e. The van der Waals surface area contributed by atoms with E-state index in [1.165, 1.54) is 0 Å². The van der Waals surface area contributed by atoms with Gasteiger partial charge in [-0.05, 0) is 18.8 Å². The molecule has 1 aliphatic rings. The summed E-state index contributed by atoms with van der Waals surface area (Å²) in [5, 5.41) is 9.45. The maximum absolute atomic E-state index is 11.2. The summed E-state index contributed by atoms with van der Waals surface area (Å²) in [6.45, 7) is 0.334. The topological polar surface area (TPSA) is 66.4 Å². The van der Waals surface area contributed by atoms with Crippen LogP contribution < -0.4 is 4.72 Å². The average Bonchev–Trinajstić information content (AvgIpc) is 2.48. The van der Waals surface area contributed by atoms with Crippen LogP contribution in [0.15, 0.2) is 0 Å². The molecule has 0 spiro atoms. The fourth-order valence-corrected chi connectivity index (χ4v) is 3.09. The zero-order valence-electron chi connectivity index (χ0n) is 7.95. The monoisotopic (exact) mass is 241 g/mol. The summed E-state index contributed by atoms with van der Waals surface area (Å²) >= 11 is 5.34. The molecule has 0 aliphatic heterocycles. The number of sulfonamides is 1. The summed E-state index contributed by atoms with van der Waals surface area (Å²) in [5.74, 6) is 0.111. The lowest BCUT2D eigenvalue weighted by molar-refractivity contribution is 0.134. The van der Waals surface area contributed by atoms with Crippen LogP contribution in [0.1, 0.15) is 19.3 Å². The molecule has 1 saturated carbocycles. The van der Waals surface area contributed by atoms with E-state index in [1.54, 1.807) is 0 Å². The van der Waals surface area contributed by atoms with Gasteiger partial charge in [0.2, 0.25) is 10.0 Å². The van der Waals surface area contributed by atoms with Crippen molar-refractivity contribution >= 4 is 21.6 Å². The summed E-state index contributed by atoms with van der Waals surface area (Å²) in [4.78, 5) is 0. The zero-order chi connectivity index (χ0) is 10.6. The Morgan fingerprint density at radius 1 is 1.43 bits per heavy atom. The lowest BCUT2D eigenvalue weighted by atomic mass is 10.1. The molecule has 0 saturated heterocycles. The van der Waals surface area contributed by atoms with Crippen LogP contribution in [-0.2, 0) is 10.0 Å². The lowest BCUT2D eigenvalue weighted by Gasteiger charge is -2.14. The molecule has 84 valence electrons. The summed E-state index contributed by atoms with van der Waals surface area (Å²) < 4.78 is 24.9. The maximum atomic E-state index is 11.2. The number of nitrogens with one attached hydrogen (secondary N) is 1. The van der Waals surface area contributed by atoms with Crippen molar-refractivity contribution in [3.05, 3.63) is 0 Å². The number of hydrogen-bond acceptors (Lipinski definition) is 3. The Balaban J connectivity index is 2.32. The molecule has 14 heavy (non-hydrogen) atoms. The summed E-state index contributed by atoms with van der Waals surface area (Å²) in [6.07, 6.45) is 2.30. The van der Waals surface area contributed by atoms with Crippen molar-refractivity contribution in [3.63, 3.8) is 0 Å². The molecule has 4 nitrogen and oxygen atoms in total. The molecule has 2 atom stereocenters. The van der Waals surface area contributed by atoms with Crippen LogP contribution in [0.5, 0.6) is 0 Å². The lowest BCUT2D eigenvalue weighted by Crippen LogP contribution is -2.34. The summed E-state index contributed by atoms with van der Waals surface area (Å²) in [7, 11) is -3.24. The first-order chi connectivity index (χ1) is 6.55. The molecular weight excluding hydrogens is 226 g/mol. The first kappa shape index (κ1) is 12.2. The Labute approximate surface area is 89.7 Å². The van der Waals surface area contributed by atoms with Gasteiger partial charge in [-0.25, -0.2) is 13.1 Å². The average molecular weight is 242 g/mol. The third kappa shape index (κ3) is 3.73. The van der Waals surface area contributed by atoms with Crippen LogP contribution in [0.3, 0.4) is 0 Å². The van der Waals surface area contributed by atoms with E-state index in [0.29, 0.717) is 6.54 Å². The molecule has 0 aromatic rings. The van der Waals surface area contributed by atoms with E-state index in [4.69, 9.17) is 11.6 Å². The summed E-state index contributed by atoms with van der Waals surface area (Å²) in [6, 6.07) is 0. The van der Waals surface area contributed by atoms with E-state index in [0.717, 1.165) is 19.3 Å². The summed E-state index contributed by atoms with van der Waals surface area (Å²) in [5.41, 5.74) is 0. The van der Waals surface area contributed by atoms with Gasteiger partial charge in [0.1, 0.15) is 0 Å². The van der Waals surface area contributed by atoms with Crippen LogP contribution in [0.4, 0.5) is 0 Å². The molecule has 0 heterocycles. The van der Waals surface area contributed by atoms with Crippen molar-refractivity contribution in [1.82, 2.24) is 4.72 Å². The molecule has 2 unspecified atom stereocenters. The van der Waals surface area contributed by atoms with Gasteiger partial charge in [-0.2, -0.15) is 0 Å². The number of halogens is 1. The Morgan fingerprint density at radius 3 is 2.64 bits per heavy atom. The molecule has 0 aromatic carbocycles. The van der Waals surface area contributed by atoms with Gasteiger partial charge in [0, 0.05) is 12.4 Å². The molecular formula is C8H16ClNO3S. The van der Waals surface area contributed by atoms with Crippen molar-refractivity contribution in [1.29, 1.82) is 0 Å². The molecule has 0 radical (unpaired) electrons. The highest BCUT2D eigenvalue weighted by molar-refractivity contribution is 7.89. The molecule has 1 aliphatic carbocycles. The van der Waals surface area contributed by atoms with E-state index < -0.39 is 10.0 Å². The van der Waals surface area contributed by atoms with Crippen molar-refractivity contribution in [2.24, 2.45) is 5.92 Å². The fraction of sp³-hybridized carbons (Fsp3) is 1.00. The number of aliphatic hydroxyl groups is 1. The Hall–Kier alpha value is 0.160. The minimum Gasteiger partial charge on any atom is -0.393 e. The second-order valence-electron chi connectivity index (χ2n) is 3.61. The van der Waals surface area contributed by atoms with Crippen LogP contribution in [0.25, 0.3) is 0 Å². The number of alkyl halides is 1. The van der Waals surface area contributed by atoms with Gasteiger partial charge in [-0.3, -0.25) is 0 Å². The van der Waals surface area contributed by atoms with Crippen molar-refractivity contribution in [3.8, 4) is 0 Å². The molecule has 0 bridgehead atoms. The van der Waals surface area contributed by atoms with Gasteiger partial charge in [-0.1, -0.05) is 6.42 Å². The van der Waals surface area contributed by atoms with Crippen molar-refractivity contribution in [2.75, 3.05) is 18.2 Å². The van der Waals surface area contributed by atoms with Gasteiger partial charge in [0.25, 0.3) is 0 Å². The van der Waals surface area contributed by atoms with E-state index in [9.17, 15) is 13.5 Å². The SMILES string of the molecule is O=S(=O)(CCCl)NCC1CCCC1O. The second kappa shape index (κ2) is 5.30. The predicted octanol–water partition coefficient (Wildman–Crippen LogP) is 0.306. The van der Waals surface area contributed by atoms with E-state index >= 15 is 0 Å². The zero-order valence-corrected chi connectivity index (χ0v) is 9.52. The van der Waals surface area contributed by atoms with Crippen molar-refractivity contribution in [2.45, 2.75) is 25.4 Å². The quantitative estimate of drug-likeness (QED) is 0.681. The predicted molar refractivity (Wildman–Crippen MR) is 55.9 cm³/mol. The van der Waals surface area contributed by atoms with Gasteiger partial charge in [0.15, 0.2) is 0 Å². The first-order valence-electron chi connectivity index (χ1n) is 4.76. The first-order valence-corrected chi connectivity index (χ1v) is 6.95. The Bertz CT molecular complexity index is 268. The fourth-order valence-electron chi connectivity index (χ4n) is 1.66. The standard InChI is InChI=1S/C8H16ClNO3S/c9-4-5-14(12,13)10-6-7-2-1-3-8(7)11/h7-8,10-11H,1-6H2. The third-order valence-electron chi connectivity index (χ3n) is 2.53. The van der Waals surface area contributed by atoms with Crippen LogP contribution in [0.2, 0.25) is 0 Å². The molecule has 2 N–H and O–H groups in total. The Morgan fingerprint density at radius 2 is 2.14 bits per heavy atom. The highest BCUT2D eigenvalue weighted by Crippen LogP contribution is 2.24. The molecule has 6 heteroatoms. The third-order valence-corrected chi connectivity index (χ3v) is 4.29. The van der Waals surface area contributed by atoms with Crippen molar-refractivity contribution < 1.29 is 13.5 Å². The normalized spacial score (nSPS) is 28.1. The second-order valence-corrected chi connectivity index (χ2v) is 5.92. The van der Waals surface area contributed by atoms with E-state index in [1.807, 2.05) is 0 Å². The van der Waals surface area contributed by atoms with Gasteiger partial charge < -0.3 is 5.11 Å². The number of rotatable bonds is 5. The minimum absolute atomic E-state index is 0.0582. The van der Waals surface area contributed by atoms with Crippen LogP contribution >= 0.6 is 11.6 Å². The minimum atomic E-state index is -3.24. The number of hydrogen-bond donors (Lipinski definition) is 2. The van der Waals surface area contributed by atoms with Crippen LogP contribution in [-0.4, -0.2) is 37.8 Å². The Kier molecular flexibility index (Phi) is 4.63. The molecule has 0 amide bonds. The van der Waals surface area contributed by atoms with Gasteiger partial charge >= 0.3 is 0 Å². The van der Waals surface area contributed by atoms with E-state index in [-0.39, 0.29) is 23.7 Å². The maximum Gasteiger partial charge on any atom is 0.212 e. The smallest absolute Gasteiger partial charge is 0.212 e. The van der Waals surface area contributed by atoms with E-state index in [2.05, 4.69) is 4.72 Å². The highest BCUT2D eigenvalue weighted by atomic mass is 35.5. The van der Waals surface area contributed by atoms with Gasteiger partial charge in [-0.15, -0.1) is 11.6 Å². The molecule has 1 rings (SSSR count). The number of aliphatic hydroxyl groups excluding tert-OH is 1. The van der Waals surface area contributed by atoms with Gasteiger partial charge in [0.05, 0.1) is 11.9 Å². The van der Waals surface area contributed by atoms with Crippen LogP contribution in [0, 0.1) is 5.92 Å². The highest BCUT2D eigenvalue weighted by Gasteiger charge is 2.26. The molecule has 0 aromatic heterocycles.